The van der Waals surface area contributed by atoms with Crippen molar-refractivity contribution in [3.05, 3.63) is 90.5 Å². The average molecular weight is 510 g/mol. The topological polar surface area (TPSA) is 96.0 Å². The zero-order chi connectivity index (χ0) is 26.1. The molecule has 0 saturated carbocycles. The molecule has 0 aromatic heterocycles. The Balaban J connectivity index is 1.97. The largest absolute Gasteiger partial charge is 0.497 e. The molecule has 3 aromatic rings. The highest BCUT2D eigenvalue weighted by atomic mass is 32.2. The molecule has 0 heterocycles. The lowest BCUT2D eigenvalue weighted by molar-refractivity contribution is -0.139. The van der Waals surface area contributed by atoms with Crippen molar-refractivity contribution in [2.75, 3.05) is 24.5 Å². The molecule has 0 spiro atoms. The summed E-state index contributed by atoms with van der Waals surface area (Å²) in [6.45, 7) is 3.48. The minimum Gasteiger partial charge on any atom is -0.497 e. The quantitative estimate of drug-likeness (QED) is 0.427. The highest BCUT2D eigenvalue weighted by Crippen LogP contribution is 2.24. The molecule has 0 fully saturated rings. The smallest absolute Gasteiger partial charge is 0.264 e. The Bertz CT molecular complexity index is 1250. The van der Waals surface area contributed by atoms with Crippen LogP contribution in [0.1, 0.15) is 19.4 Å². The number of nitrogens with zero attached hydrogens (tertiary/aromatic N) is 2. The van der Waals surface area contributed by atoms with E-state index in [-0.39, 0.29) is 17.3 Å². The molecule has 9 heteroatoms. The number of nitrogens with one attached hydrogen (secondary N) is 1. The number of benzene rings is 3. The number of anilines is 1. The molecule has 1 atom stereocenters. The lowest BCUT2D eigenvalue weighted by Gasteiger charge is -2.32. The third-order valence-electron chi connectivity index (χ3n) is 5.68. The van der Waals surface area contributed by atoms with Gasteiger partial charge < -0.3 is 15.0 Å². The highest BCUT2D eigenvalue weighted by Gasteiger charge is 2.32. The number of carbonyl (C=O) groups is 2. The molecule has 0 saturated heterocycles. The zero-order valence-electron chi connectivity index (χ0n) is 20.6. The van der Waals surface area contributed by atoms with Crippen LogP contribution in [0, 0.1) is 0 Å². The molecule has 0 aliphatic carbocycles. The number of ether oxygens (including phenoxy) is 1. The van der Waals surface area contributed by atoms with E-state index in [0.717, 1.165) is 9.87 Å². The van der Waals surface area contributed by atoms with Crippen molar-refractivity contribution in [3.63, 3.8) is 0 Å². The fraction of sp³-hybridized carbons (Fsp3) is 0.259. The molecule has 3 rings (SSSR count). The van der Waals surface area contributed by atoms with Gasteiger partial charge in [-0.1, -0.05) is 48.5 Å². The number of methoxy groups -OCH3 is 1. The molecule has 190 valence electrons. The minimum atomic E-state index is -4.05. The van der Waals surface area contributed by atoms with Crippen LogP contribution in [0.25, 0.3) is 0 Å². The first-order chi connectivity index (χ1) is 17.3. The number of para-hydroxylation sites is 1. The Morgan fingerprint density at radius 1 is 0.917 bits per heavy atom. The molecular weight excluding hydrogens is 478 g/mol. The SMILES string of the molecule is CCNC(=O)[C@H](C)N(Cc1ccc(OC)cc1)C(=O)CN(c1ccccc1)S(=O)(=O)c1ccccc1. The number of sulfonamides is 1. The van der Waals surface area contributed by atoms with Crippen molar-refractivity contribution in [1.82, 2.24) is 10.2 Å². The number of hydrogen-bond donors (Lipinski definition) is 1. The van der Waals surface area contributed by atoms with Crippen molar-refractivity contribution in [1.29, 1.82) is 0 Å². The molecule has 3 aromatic carbocycles. The van der Waals surface area contributed by atoms with Gasteiger partial charge in [-0.05, 0) is 55.8 Å². The summed E-state index contributed by atoms with van der Waals surface area (Å²) in [4.78, 5) is 27.9. The number of hydrogen-bond acceptors (Lipinski definition) is 5. The molecule has 0 aliphatic heterocycles. The fourth-order valence-corrected chi connectivity index (χ4v) is 5.11. The van der Waals surface area contributed by atoms with Gasteiger partial charge in [0.25, 0.3) is 10.0 Å². The van der Waals surface area contributed by atoms with E-state index in [1.165, 1.54) is 17.0 Å². The maximum absolute atomic E-state index is 13.7. The minimum absolute atomic E-state index is 0.0696. The van der Waals surface area contributed by atoms with E-state index in [1.54, 1.807) is 93.8 Å². The predicted molar refractivity (Wildman–Crippen MR) is 139 cm³/mol. The lowest BCUT2D eigenvalue weighted by Crippen LogP contribution is -2.51. The standard InChI is InChI=1S/C27H31N3O5S/c1-4-28-27(32)21(2)29(19-22-15-17-24(35-3)18-16-22)26(31)20-30(23-11-7-5-8-12-23)36(33,34)25-13-9-6-10-14-25/h5-18,21H,4,19-20H2,1-3H3,(H,28,32)/t21-/m0/s1. The van der Waals surface area contributed by atoms with Gasteiger partial charge in [-0.25, -0.2) is 8.42 Å². The number of rotatable bonds is 11. The van der Waals surface area contributed by atoms with Crippen LogP contribution in [-0.2, 0) is 26.2 Å². The summed E-state index contributed by atoms with van der Waals surface area (Å²) in [5.74, 6) is -0.165. The molecule has 8 nitrogen and oxygen atoms in total. The van der Waals surface area contributed by atoms with Crippen LogP contribution in [0.2, 0.25) is 0 Å². The normalized spacial score (nSPS) is 11.9. The fourth-order valence-electron chi connectivity index (χ4n) is 3.67. The first-order valence-electron chi connectivity index (χ1n) is 11.6. The molecule has 0 aliphatic rings. The third-order valence-corrected chi connectivity index (χ3v) is 7.47. The maximum atomic E-state index is 13.7. The molecule has 2 amide bonds. The molecular formula is C27H31N3O5S. The van der Waals surface area contributed by atoms with E-state index in [2.05, 4.69) is 5.32 Å². The second-order valence-corrected chi connectivity index (χ2v) is 9.96. The second-order valence-electron chi connectivity index (χ2n) is 8.10. The monoisotopic (exact) mass is 509 g/mol. The Morgan fingerprint density at radius 2 is 1.50 bits per heavy atom. The first-order valence-corrected chi connectivity index (χ1v) is 13.0. The van der Waals surface area contributed by atoms with Gasteiger partial charge in [0.2, 0.25) is 11.8 Å². The van der Waals surface area contributed by atoms with Gasteiger partial charge >= 0.3 is 0 Å². The van der Waals surface area contributed by atoms with Gasteiger partial charge in [0.15, 0.2) is 0 Å². The summed E-state index contributed by atoms with van der Waals surface area (Å²) >= 11 is 0. The lowest BCUT2D eigenvalue weighted by atomic mass is 10.1. The summed E-state index contributed by atoms with van der Waals surface area (Å²) < 4.78 is 33.5. The molecule has 0 bridgehead atoms. The number of likely N-dealkylation sites (N-methyl/N-ethyl adjacent to an activating group) is 1. The van der Waals surface area contributed by atoms with Gasteiger partial charge in [0.05, 0.1) is 17.7 Å². The Morgan fingerprint density at radius 3 is 2.06 bits per heavy atom. The maximum Gasteiger partial charge on any atom is 0.264 e. The average Bonchev–Trinajstić information content (AvgIpc) is 2.91. The number of amides is 2. The third kappa shape index (κ3) is 6.42. The van der Waals surface area contributed by atoms with Crippen LogP contribution >= 0.6 is 0 Å². The van der Waals surface area contributed by atoms with Crippen LogP contribution in [0.4, 0.5) is 5.69 Å². The Kier molecular flexibility index (Phi) is 9.08. The van der Waals surface area contributed by atoms with Crippen molar-refractivity contribution in [3.8, 4) is 5.75 Å². The number of carbonyl (C=O) groups excluding carboxylic acids is 2. The summed E-state index contributed by atoms with van der Waals surface area (Å²) in [5, 5.41) is 2.74. The Hall–Kier alpha value is -3.85. The van der Waals surface area contributed by atoms with E-state index < -0.39 is 28.5 Å². The molecule has 0 unspecified atom stereocenters. The molecule has 1 N–H and O–H groups in total. The van der Waals surface area contributed by atoms with E-state index >= 15 is 0 Å². The molecule has 36 heavy (non-hydrogen) atoms. The van der Waals surface area contributed by atoms with Gasteiger partial charge in [-0.15, -0.1) is 0 Å². The van der Waals surface area contributed by atoms with E-state index in [0.29, 0.717) is 18.0 Å². The van der Waals surface area contributed by atoms with E-state index in [9.17, 15) is 18.0 Å². The second kappa shape index (κ2) is 12.2. The highest BCUT2D eigenvalue weighted by molar-refractivity contribution is 7.92. The van der Waals surface area contributed by atoms with Crippen molar-refractivity contribution >= 4 is 27.5 Å². The van der Waals surface area contributed by atoms with Gasteiger partial charge in [-0.3, -0.25) is 13.9 Å². The summed E-state index contributed by atoms with van der Waals surface area (Å²) in [7, 11) is -2.49. The van der Waals surface area contributed by atoms with Crippen LogP contribution in [0.15, 0.2) is 89.8 Å². The summed E-state index contributed by atoms with van der Waals surface area (Å²) in [5.41, 5.74) is 1.13. The summed E-state index contributed by atoms with van der Waals surface area (Å²) in [6.07, 6.45) is 0. The Labute approximate surface area is 212 Å². The molecule has 0 radical (unpaired) electrons. The van der Waals surface area contributed by atoms with Crippen LogP contribution in [-0.4, -0.2) is 51.4 Å². The van der Waals surface area contributed by atoms with Crippen molar-refractivity contribution in [2.45, 2.75) is 31.3 Å². The van der Waals surface area contributed by atoms with Gasteiger partial charge in [0, 0.05) is 13.1 Å². The van der Waals surface area contributed by atoms with Crippen LogP contribution < -0.4 is 14.4 Å². The van der Waals surface area contributed by atoms with E-state index in [1.807, 2.05) is 0 Å². The first kappa shape index (κ1) is 26.7. The van der Waals surface area contributed by atoms with Crippen LogP contribution in [0.5, 0.6) is 5.75 Å². The summed E-state index contributed by atoms with van der Waals surface area (Å²) in [6, 6.07) is 22.7. The van der Waals surface area contributed by atoms with Crippen molar-refractivity contribution < 1.29 is 22.7 Å². The predicted octanol–water partition coefficient (Wildman–Crippen LogP) is 3.44. The van der Waals surface area contributed by atoms with Gasteiger partial charge in [0.1, 0.15) is 18.3 Å². The van der Waals surface area contributed by atoms with Crippen LogP contribution in [0.3, 0.4) is 0 Å². The van der Waals surface area contributed by atoms with Crippen molar-refractivity contribution in [2.24, 2.45) is 0 Å². The van der Waals surface area contributed by atoms with Gasteiger partial charge in [-0.2, -0.15) is 0 Å². The van der Waals surface area contributed by atoms with E-state index in [4.69, 9.17) is 4.74 Å². The zero-order valence-corrected chi connectivity index (χ0v) is 21.4.